The molecule has 9 rings (SSSR count). The summed E-state index contributed by atoms with van der Waals surface area (Å²) in [5.41, 5.74) is 9.60. The number of pyridine rings is 2. The number of hydrogen-bond acceptors (Lipinski definition) is 5. The lowest BCUT2D eigenvalue weighted by atomic mass is 10.0. The number of fused-ring (bicyclic) bond motifs is 3. The van der Waals surface area contributed by atoms with Gasteiger partial charge in [0.25, 0.3) is 0 Å². The van der Waals surface area contributed by atoms with Crippen LogP contribution in [0.2, 0.25) is 0 Å². The van der Waals surface area contributed by atoms with Gasteiger partial charge in [0, 0.05) is 33.0 Å². The van der Waals surface area contributed by atoms with Crippen molar-refractivity contribution < 1.29 is 0 Å². The molecular formula is C45H29N5. The Morgan fingerprint density at radius 1 is 0.240 bits per heavy atom. The second kappa shape index (κ2) is 12.6. The van der Waals surface area contributed by atoms with E-state index in [4.69, 9.17) is 24.9 Å². The van der Waals surface area contributed by atoms with Gasteiger partial charge in [-0.25, -0.2) is 24.9 Å². The molecule has 0 fully saturated rings. The first-order chi connectivity index (χ1) is 24.8. The van der Waals surface area contributed by atoms with Gasteiger partial charge in [0.05, 0.1) is 22.6 Å². The molecule has 0 bridgehead atoms. The van der Waals surface area contributed by atoms with E-state index in [9.17, 15) is 0 Å². The Labute approximate surface area is 289 Å². The average Bonchev–Trinajstić information content (AvgIpc) is 3.21. The maximum Gasteiger partial charge on any atom is 0.164 e. The Bertz CT molecular complexity index is 2620. The van der Waals surface area contributed by atoms with Crippen molar-refractivity contribution in [3.05, 3.63) is 176 Å². The number of rotatable bonds is 6. The van der Waals surface area contributed by atoms with Gasteiger partial charge in [0.2, 0.25) is 0 Å². The standard InChI is InChI=1S/C45H29N5/c1-3-12-30(13-4-1)31-22-26-34(27-23-31)44-48-43(33-14-5-2-6-15-33)49-45(50-44)35-28-24-32(25-29-35)39-20-11-21-41(46-39)42-38-18-8-7-16-36(38)37-17-9-10-19-40(37)47-42/h1-29H. The van der Waals surface area contributed by atoms with Crippen LogP contribution in [-0.4, -0.2) is 24.9 Å². The Morgan fingerprint density at radius 3 is 1.32 bits per heavy atom. The van der Waals surface area contributed by atoms with Gasteiger partial charge in [-0.2, -0.15) is 0 Å². The van der Waals surface area contributed by atoms with Crippen LogP contribution in [-0.2, 0) is 0 Å². The van der Waals surface area contributed by atoms with Crippen LogP contribution in [0.1, 0.15) is 0 Å². The molecule has 3 aromatic heterocycles. The van der Waals surface area contributed by atoms with E-state index in [1.807, 2.05) is 60.7 Å². The average molecular weight is 640 g/mol. The largest absolute Gasteiger partial charge is 0.246 e. The Morgan fingerprint density at radius 2 is 0.680 bits per heavy atom. The van der Waals surface area contributed by atoms with Crippen molar-refractivity contribution in [2.45, 2.75) is 0 Å². The molecular weight excluding hydrogens is 611 g/mol. The monoisotopic (exact) mass is 639 g/mol. The summed E-state index contributed by atoms with van der Waals surface area (Å²) < 4.78 is 0. The molecule has 0 aliphatic rings. The van der Waals surface area contributed by atoms with Gasteiger partial charge in [-0.05, 0) is 34.7 Å². The molecule has 5 nitrogen and oxygen atoms in total. The van der Waals surface area contributed by atoms with Crippen molar-refractivity contribution in [1.82, 2.24) is 24.9 Å². The van der Waals surface area contributed by atoms with Gasteiger partial charge in [0.1, 0.15) is 0 Å². The topological polar surface area (TPSA) is 64.5 Å². The molecule has 50 heavy (non-hydrogen) atoms. The molecule has 3 heterocycles. The molecule has 0 atom stereocenters. The summed E-state index contributed by atoms with van der Waals surface area (Å²) >= 11 is 0. The number of para-hydroxylation sites is 1. The molecule has 0 N–H and O–H groups in total. The number of nitrogens with zero attached hydrogens (tertiary/aromatic N) is 5. The van der Waals surface area contributed by atoms with E-state index >= 15 is 0 Å². The molecule has 0 saturated heterocycles. The minimum absolute atomic E-state index is 0.612. The van der Waals surface area contributed by atoms with E-state index < -0.39 is 0 Å². The predicted molar refractivity (Wildman–Crippen MR) is 203 cm³/mol. The van der Waals surface area contributed by atoms with Crippen molar-refractivity contribution in [3.8, 4) is 67.9 Å². The first-order valence-electron chi connectivity index (χ1n) is 16.6. The van der Waals surface area contributed by atoms with E-state index in [0.29, 0.717) is 17.5 Å². The summed E-state index contributed by atoms with van der Waals surface area (Å²) in [5, 5.41) is 3.39. The van der Waals surface area contributed by atoms with Crippen LogP contribution in [0, 0.1) is 0 Å². The summed E-state index contributed by atoms with van der Waals surface area (Å²) in [6.45, 7) is 0. The van der Waals surface area contributed by atoms with Crippen LogP contribution < -0.4 is 0 Å². The van der Waals surface area contributed by atoms with E-state index in [-0.39, 0.29) is 0 Å². The Balaban J connectivity index is 1.08. The van der Waals surface area contributed by atoms with Crippen LogP contribution in [0.3, 0.4) is 0 Å². The van der Waals surface area contributed by atoms with Crippen LogP contribution in [0.4, 0.5) is 0 Å². The van der Waals surface area contributed by atoms with Crippen molar-refractivity contribution in [2.24, 2.45) is 0 Å². The highest BCUT2D eigenvalue weighted by molar-refractivity contribution is 6.10. The molecule has 0 radical (unpaired) electrons. The van der Waals surface area contributed by atoms with Crippen molar-refractivity contribution in [2.75, 3.05) is 0 Å². The maximum atomic E-state index is 5.11. The van der Waals surface area contributed by atoms with E-state index in [1.165, 1.54) is 10.9 Å². The minimum Gasteiger partial charge on any atom is -0.246 e. The summed E-state index contributed by atoms with van der Waals surface area (Å²) in [6, 6.07) is 59.8. The van der Waals surface area contributed by atoms with Crippen LogP contribution in [0.15, 0.2) is 176 Å². The highest BCUT2D eigenvalue weighted by Gasteiger charge is 2.15. The normalized spacial score (nSPS) is 11.2. The first kappa shape index (κ1) is 29.3. The zero-order valence-electron chi connectivity index (χ0n) is 27.0. The molecule has 234 valence electrons. The van der Waals surface area contributed by atoms with E-state index in [0.717, 1.165) is 61.2 Å². The molecule has 0 unspecified atom stereocenters. The fraction of sp³-hybridized carbons (Fsp3) is 0. The zero-order valence-corrected chi connectivity index (χ0v) is 27.0. The molecule has 0 aliphatic heterocycles. The quantitative estimate of drug-likeness (QED) is 0.169. The van der Waals surface area contributed by atoms with Crippen molar-refractivity contribution >= 4 is 21.7 Å². The fourth-order valence-electron chi connectivity index (χ4n) is 6.41. The van der Waals surface area contributed by atoms with Gasteiger partial charge in [0.15, 0.2) is 17.5 Å². The zero-order chi connectivity index (χ0) is 33.3. The van der Waals surface area contributed by atoms with Gasteiger partial charge < -0.3 is 0 Å². The van der Waals surface area contributed by atoms with E-state index in [2.05, 4.69) is 115 Å². The molecule has 9 aromatic rings. The molecule has 6 aromatic carbocycles. The highest BCUT2D eigenvalue weighted by atomic mass is 15.0. The minimum atomic E-state index is 0.612. The third kappa shape index (κ3) is 5.57. The Hall–Kier alpha value is -6.85. The van der Waals surface area contributed by atoms with Crippen LogP contribution in [0.25, 0.3) is 89.6 Å². The van der Waals surface area contributed by atoms with Crippen LogP contribution in [0.5, 0.6) is 0 Å². The first-order valence-corrected chi connectivity index (χ1v) is 16.6. The van der Waals surface area contributed by atoms with Gasteiger partial charge in [-0.3, -0.25) is 0 Å². The molecule has 0 saturated carbocycles. The summed E-state index contributed by atoms with van der Waals surface area (Å²) in [4.78, 5) is 25.0. The third-order valence-electron chi connectivity index (χ3n) is 8.96. The third-order valence-corrected chi connectivity index (χ3v) is 8.96. The second-order valence-corrected chi connectivity index (χ2v) is 12.1. The maximum absolute atomic E-state index is 5.11. The summed E-state index contributed by atoms with van der Waals surface area (Å²) in [6.07, 6.45) is 0. The van der Waals surface area contributed by atoms with Gasteiger partial charge in [-0.15, -0.1) is 0 Å². The lowest BCUT2D eigenvalue weighted by Gasteiger charge is -2.11. The molecule has 0 amide bonds. The smallest absolute Gasteiger partial charge is 0.164 e. The van der Waals surface area contributed by atoms with Crippen LogP contribution >= 0.6 is 0 Å². The number of benzene rings is 6. The number of aromatic nitrogens is 5. The molecule has 0 spiro atoms. The van der Waals surface area contributed by atoms with Gasteiger partial charge in [-0.1, -0.05) is 158 Å². The second-order valence-electron chi connectivity index (χ2n) is 12.1. The fourth-order valence-corrected chi connectivity index (χ4v) is 6.41. The van der Waals surface area contributed by atoms with Gasteiger partial charge >= 0.3 is 0 Å². The molecule has 5 heteroatoms. The van der Waals surface area contributed by atoms with Crippen molar-refractivity contribution in [1.29, 1.82) is 0 Å². The summed E-state index contributed by atoms with van der Waals surface area (Å²) in [7, 11) is 0. The lowest BCUT2D eigenvalue weighted by molar-refractivity contribution is 1.07. The number of hydrogen-bond donors (Lipinski definition) is 0. The SMILES string of the molecule is c1ccc(-c2ccc(-c3nc(-c4ccccc4)nc(-c4ccc(-c5cccc(-c6nc7ccccc7c7ccccc67)n5)cc4)n3)cc2)cc1. The van der Waals surface area contributed by atoms with Crippen molar-refractivity contribution in [3.63, 3.8) is 0 Å². The lowest BCUT2D eigenvalue weighted by Crippen LogP contribution is -2.00. The van der Waals surface area contributed by atoms with E-state index in [1.54, 1.807) is 0 Å². The predicted octanol–water partition coefficient (Wildman–Crippen LogP) is 11.0. The highest BCUT2D eigenvalue weighted by Crippen LogP contribution is 2.33. The summed E-state index contributed by atoms with van der Waals surface area (Å²) in [5.74, 6) is 1.87. The molecule has 0 aliphatic carbocycles. The Kier molecular flexibility index (Phi) is 7.41.